The van der Waals surface area contributed by atoms with Crippen LogP contribution < -0.4 is 5.73 Å². The summed E-state index contributed by atoms with van der Waals surface area (Å²) in [5.41, 5.74) is 6.00. The standard InChI is InChI=1S/C11H12F3N/c12-11(13,14)9-3-1-7(2-4-9)8-5-10(15)6-8/h1-4,8,10H,5-6,15H2. The lowest BCUT2D eigenvalue weighted by atomic mass is 9.76. The summed E-state index contributed by atoms with van der Waals surface area (Å²) in [6.45, 7) is 0. The number of nitrogens with two attached hydrogens (primary N) is 1. The number of rotatable bonds is 1. The van der Waals surface area contributed by atoms with E-state index in [9.17, 15) is 13.2 Å². The van der Waals surface area contributed by atoms with Gasteiger partial charge >= 0.3 is 6.18 Å². The van der Waals surface area contributed by atoms with Gasteiger partial charge in [-0.2, -0.15) is 13.2 Å². The monoisotopic (exact) mass is 215 g/mol. The summed E-state index contributed by atoms with van der Waals surface area (Å²) >= 11 is 0. The molecule has 1 fully saturated rings. The third kappa shape index (κ3) is 2.15. The molecule has 1 nitrogen and oxygen atoms in total. The number of halogens is 3. The van der Waals surface area contributed by atoms with E-state index >= 15 is 0 Å². The van der Waals surface area contributed by atoms with Crippen LogP contribution in [-0.4, -0.2) is 6.04 Å². The van der Waals surface area contributed by atoms with Crippen molar-refractivity contribution >= 4 is 0 Å². The molecule has 0 unspecified atom stereocenters. The summed E-state index contributed by atoms with van der Waals surface area (Å²) in [5, 5.41) is 0. The van der Waals surface area contributed by atoms with Gasteiger partial charge in [0.1, 0.15) is 0 Å². The van der Waals surface area contributed by atoms with Crippen LogP contribution in [0.5, 0.6) is 0 Å². The van der Waals surface area contributed by atoms with Crippen LogP contribution in [0.25, 0.3) is 0 Å². The van der Waals surface area contributed by atoms with Gasteiger partial charge in [-0.1, -0.05) is 12.1 Å². The molecule has 2 rings (SSSR count). The van der Waals surface area contributed by atoms with E-state index in [0.717, 1.165) is 30.5 Å². The first-order valence-electron chi connectivity index (χ1n) is 4.89. The van der Waals surface area contributed by atoms with E-state index in [1.807, 2.05) is 0 Å². The lowest BCUT2D eigenvalue weighted by Gasteiger charge is -2.32. The zero-order valence-corrected chi connectivity index (χ0v) is 8.09. The van der Waals surface area contributed by atoms with Gasteiger partial charge in [0.15, 0.2) is 0 Å². The second kappa shape index (κ2) is 3.52. The van der Waals surface area contributed by atoms with E-state index in [-0.39, 0.29) is 6.04 Å². The van der Waals surface area contributed by atoms with Crippen molar-refractivity contribution in [3.8, 4) is 0 Å². The van der Waals surface area contributed by atoms with Crippen molar-refractivity contribution in [3.05, 3.63) is 35.4 Å². The third-order valence-electron chi connectivity index (χ3n) is 2.88. The number of hydrogen-bond donors (Lipinski definition) is 1. The van der Waals surface area contributed by atoms with Crippen molar-refractivity contribution in [1.82, 2.24) is 0 Å². The SMILES string of the molecule is NC1CC(c2ccc(C(F)(F)F)cc2)C1. The van der Waals surface area contributed by atoms with E-state index in [0.29, 0.717) is 5.92 Å². The number of hydrogen-bond acceptors (Lipinski definition) is 1. The van der Waals surface area contributed by atoms with Crippen LogP contribution in [0.1, 0.15) is 29.9 Å². The van der Waals surface area contributed by atoms with Gasteiger partial charge in [-0.15, -0.1) is 0 Å². The van der Waals surface area contributed by atoms with Crippen LogP contribution >= 0.6 is 0 Å². The third-order valence-corrected chi connectivity index (χ3v) is 2.88. The molecule has 0 radical (unpaired) electrons. The summed E-state index contributed by atoms with van der Waals surface area (Å²) in [4.78, 5) is 0. The van der Waals surface area contributed by atoms with Gasteiger partial charge in [-0.25, -0.2) is 0 Å². The summed E-state index contributed by atoms with van der Waals surface area (Å²) in [7, 11) is 0. The maximum absolute atomic E-state index is 12.3. The largest absolute Gasteiger partial charge is 0.416 e. The molecule has 0 heterocycles. The molecule has 4 heteroatoms. The normalized spacial score (nSPS) is 26.1. The van der Waals surface area contributed by atoms with E-state index in [2.05, 4.69) is 0 Å². The first kappa shape index (κ1) is 10.5. The van der Waals surface area contributed by atoms with Gasteiger partial charge in [0.25, 0.3) is 0 Å². The van der Waals surface area contributed by atoms with Gasteiger partial charge in [-0.3, -0.25) is 0 Å². The molecule has 1 aromatic rings. The first-order valence-corrected chi connectivity index (χ1v) is 4.89. The van der Waals surface area contributed by atoms with Gasteiger partial charge in [0.2, 0.25) is 0 Å². The summed E-state index contributed by atoms with van der Waals surface area (Å²) in [5.74, 6) is 0.349. The van der Waals surface area contributed by atoms with Crippen molar-refractivity contribution in [2.24, 2.45) is 5.73 Å². The van der Waals surface area contributed by atoms with Crippen LogP contribution in [0.3, 0.4) is 0 Å². The predicted octanol–water partition coefficient (Wildman–Crippen LogP) is 2.91. The Bertz CT molecular complexity index is 336. The Labute approximate surface area is 86.1 Å². The van der Waals surface area contributed by atoms with Crippen LogP contribution in [0.15, 0.2) is 24.3 Å². The highest BCUT2D eigenvalue weighted by atomic mass is 19.4. The molecule has 0 aromatic heterocycles. The minimum atomic E-state index is -4.24. The molecule has 1 saturated carbocycles. The van der Waals surface area contributed by atoms with Gasteiger partial charge < -0.3 is 5.73 Å². The first-order chi connectivity index (χ1) is 6.97. The molecule has 0 bridgehead atoms. The molecular weight excluding hydrogens is 203 g/mol. The average Bonchev–Trinajstić information content (AvgIpc) is 2.12. The van der Waals surface area contributed by atoms with Crippen molar-refractivity contribution in [2.75, 3.05) is 0 Å². The molecule has 2 N–H and O–H groups in total. The zero-order chi connectivity index (χ0) is 11.1. The topological polar surface area (TPSA) is 26.0 Å². The van der Waals surface area contributed by atoms with Crippen molar-refractivity contribution in [2.45, 2.75) is 31.0 Å². The maximum Gasteiger partial charge on any atom is 0.416 e. The Morgan fingerprint density at radius 1 is 1.07 bits per heavy atom. The van der Waals surface area contributed by atoms with Gasteiger partial charge in [0, 0.05) is 6.04 Å². The fraction of sp³-hybridized carbons (Fsp3) is 0.455. The summed E-state index contributed by atoms with van der Waals surface area (Å²) < 4.78 is 36.8. The van der Waals surface area contributed by atoms with E-state index in [4.69, 9.17) is 5.73 Å². The minimum Gasteiger partial charge on any atom is -0.328 e. The molecule has 0 amide bonds. The van der Waals surface area contributed by atoms with Gasteiger partial charge in [0.05, 0.1) is 5.56 Å². The van der Waals surface area contributed by atoms with Crippen molar-refractivity contribution < 1.29 is 13.2 Å². The van der Waals surface area contributed by atoms with Crippen molar-refractivity contribution in [1.29, 1.82) is 0 Å². The highest BCUT2D eigenvalue weighted by molar-refractivity contribution is 5.28. The molecule has 15 heavy (non-hydrogen) atoms. The highest BCUT2D eigenvalue weighted by Gasteiger charge is 2.31. The van der Waals surface area contributed by atoms with Gasteiger partial charge in [-0.05, 0) is 36.5 Å². The van der Waals surface area contributed by atoms with Crippen molar-refractivity contribution in [3.63, 3.8) is 0 Å². The fourth-order valence-corrected chi connectivity index (χ4v) is 1.88. The lowest BCUT2D eigenvalue weighted by molar-refractivity contribution is -0.137. The Balaban J connectivity index is 2.11. The lowest BCUT2D eigenvalue weighted by Crippen LogP contribution is -2.34. The summed E-state index contributed by atoms with van der Waals surface area (Å²) in [6.07, 6.45) is -2.48. The Kier molecular flexibility index (Phi) is 2.46. The van der Waals surface area contributed by atoms with E-state index < -0.39 is 11.7 Å². The molecule has 0 spiro atoms. The van der Waals surface area contributed by atoms with Crippen LogP contribution in [0, 0.1) is 0 Å². The molecule has 1 aliphatic carbocycles. The molecule has 82 valence electrons. The summed E-state index contributed by atoms with van der Waals surface area (Å²) in [6, 6.07) is 5.61. The maximum atomic E-state index is 12.3. The van der Waals surface area contributed by atoms with Crippen LogP contribution in [0.2, 0.25) is 0 Å². The quantitative estimate of drug-likeness (QED) is 0.765. The molecule has 1 aromatic carbocycles. The Morgan fingerprint density at radius 2 is 1.60 bits per heavy atom. The fourth-order valence-electron chi connectivity index (χ4n) is 1.88. The minimum absolute atomic E-state index is 0.220. The van der Waals surface area contributed by atoms with E-state index in [1.54, 1.807) is 12.1 Å². The second-order valence-corrected chi connectivity index (χ2v) is 4.05. The molecule has 0 saturated heterocycles. The molecule has 0 aliphatic heterocycles. The molecular formula is C11H12F3N. The Morgan fingerprint density at radius 3 is 2.00 bits per heavy atom. The smallest absolute Gasteiger partial charge is 0.328 e. The number of benzene rings is 1. The van der Waals surface area contributed by atoms with E-state index in [1.165, 1.54) is 0 Å². The average molecular weight is 215 g/mol. The number of alkyl halides is 3. The van der Waals surface area contributed by atoms with Crippen LogP contribution in [-0.2, 0) is 6.18 Å². The molecule has 1 aliphatic rings. The van der Waals surface area contributed by atoms with Crippen LogP contribution in [0.4, 0.5) is 13.2 Å². The Hall–Kier alpha value is -1.03. The highest BCUT2D eigenvalue weighted by Crippen LogP contribution is 2.37. The molecule has 0 atom stereocenters. The predicted molar refractivity (Wildman–Crippen MR) is 51.4 cm³/mol. The zero-order valence-electron chi connectivity index (χ0n) is 8.09. The second-order valence-electron chi connectivity index (χ2n) is 4.05.